The molecule has 0 fully saturated rings. The van der Waals surface area contributed by atoms with E-state index < -0.39 is 0 Å². The molecule has 3 rings (SSSR count). The Bertz CT molecular complexity index is 754. The summed E-state index contributed by atoms with van der Waals surface area (Å²) in [6, 6.07) is 3.94. The number of hydrogen-bond acceptors (Lipinski definition) is 7. The van der Waals surface area contributed by atoms with Crippen LogP contribution in [0.1, 0.15) is 4.88 Å². The fourth-order valence-electron chi connectivity index (χ4n) is 1.68. The molecular formula is C12H12N6OS2. The standard InChI is InChI=1S/C12H12N6OS2/c13-10-9-11(16-6-15-10)18-12(17-9)21-5-8(19)14-4-7-2-1-3-20-7/h1-3,6H,4-5H2,(H,14,19)(H3,13,15,16,17,18). The molecule has 3 aromatic heterocycles. The molecule has 0 aliphatic carbocycles. The average molecular weight is 320 g/mol. The lowest BCUT2D eigenvalue weighted by Gasteiger charge is -2.01. The molecule has 0 aliphatic rings. The van der Waals surface area contributed by atoms with Crippen LogP contribution >= 0.6 is 23.1 Å². The van der Waals surface area contributed by atoms with Crippen LogP contribution in [0.2, 0.25) is 0 Å². The highest BCUT2D eigenvalue weighted by Crippen LogP contribution is 2.20. The van der Waals surface area contributed by atoms with Crippen LogP contribution in [-0.2, 0) is 11.3 Å². The van der Waals surface area contributed by atoms with E-state index in [0.29, 0.717) is 28.7 Å². The third-order valence-electron chi connectivity index (χ3n) is 2.68. The van der Waals surface area contributed by atoms with Gasteiger partial charge in [-0.05, 0) is 11.4 Å². The molecule has 0 spiro atoms. The number of aromatic amines is 1. The molecule has 7 nitrogen and oxygen atoms in total. The molecule has 0 saturated heterocycles. The van der Waals surface area contributed by atoms with Crippen LogP contribution in [0.15, 0.2) is 29.0 Å². The van der Waals surface area contributed by atoms with Crippen molar-refractivity contribution in [2.75, 3.05) is 11.5 Å². The molecule has 1 amide bonds. The lowest BCUT2D eigenvalue weighted by atomic mass is 10.4. The number of thiophene rings is 1. The van der Waals surface area contributed by atoms with Crippen LogP contribution in [-0.4, -0.2) is 31.6 Å². The van der Waals surface area contributed by atoms with Gasteiger partial charge in [-0.3, -0.25) is 4.79 Å². The van der Waals surface area contributed by atoms with Crippen molar-refractivity contribution >= 4 is 46.0 Å². The van der Waals surface area contributed by atoms with E-state index in [4.69, 9.17) is 5.73 Å². The number of nitrogens with one attached hydrogen (secondary N) is 2. The largest absolute Gasteiger partial charge is 0.382 e. The Balaban J connectivity index is 1.56. The Labute approximate surface area is 128 Å². The minimum atomic E-state index is -0.0482. The molecular weight excluding hydrogens is 308 g/mol. The average Bonchev–Trinajstić information content (AvgIpc) is 3.12. The van der Waals surface area contributed by atoms with E-state index in [0.717, 1.165) is 4.88 Å². The van der Waals surface area contributed by atoms with Gasteiger partial charge in [-0.2, -0.15) is 0 Å². The van der Waals surface area contributed by atoms with E-state index in [1.165, 1.54) is 18.1 Å². The molecule has 9 heteroatoms. The lowest BCUT2D eigenvalue weighted by Crippen LogP contribution is -2.24. The maximum Gasteiger partial charge on any atom is 0.230 e. The number of imidazole rings is 1. The lowest BCUT2D eigenvalue weighted by molar-refractivity contribution is -0.118. The first-order valence-corrected chi connectivity index (χ1v) is 7.97. The number of nitrogens with zero attached hydrogens (tertiary/aromatic N) is 3. The second kappa shape index (κ2) is 6.10. The Hall–Kier alpha value is -2.13. The topological polar surface area (TPSA) is 110 Å². The number of nitrogen functional groups attached to an aromatic ring is 1. The molecule has 108 valence electrons. The van der Waals surface area contributed by atoms with Crippen LogP contribution in [0.5, 0.6) is 0 Å². The number of nitrogens with two attached hydrogens (primary N) is 1. The number of aromatic nitrogens is 4. The summed E-state index contributed by atoms with van der Waals surface area (Å²) < 4.78 is 0. The number of amides is 1. The Morgan fingerprint density at radius 3 is 3.14 bits per heavy atom. The number of anilines is 1. The first kappa shape index (κ1) is 13.8. The summed E-state index contributed by atoms with van der Waals surface area (Å²) >= 11 is 2.92. The van der Waals surface area contributed by atoms with Crippen LogP contribution in [0.25, 0.3) is 11.2 Å². The van der Waals surface area contributed by atoms with Gasteiger partial charge in [-0.25, -0.2) is 15.0 Å². The van der Waals surface area contributed by atoms with Gasteiger partial charge in [-0.1, -0.05) is 17.8 Å². The summed E-state index contributed by atoms with van der Waals surface area (Å²) in [4.78, 5) is 28.1. The van der Waals surface area contributed by atoms with Crippen molar-refractivity contribution in [2.45, 2.75) is 11.7 Å². The first-order valence-electron chi connectivity index (χ1n) is 6.10. The van der Waals surface area contributed by atoms with E-state index in [2.05, 4.69) is 25.3 Å². The summed E-state index contributed by atoms with van der Waals surface area (Å²) in [5, 5.41) is 5.44. The number of thioether (sulfide) groups is 1. The van der Waals surface area contributed by atoms with Crippen LogP contribution < -0.4 is 11.1 Å². The highest BCUT2D eigenvalue weighted by Gasteiger charge is 2.10. The summed E-state index contributed by atoms with van der Waals surface area (Å²) in [6.07, 6.45) is 1.36. The third-order valence-corrected chi connectivity index (χ3v) is 4.43. The zero-order valence-electron chi connectivity index (χ0n) is 10.9. The fourth-order valence-corrected chi connectivity index (χ4v) is 3.02. The Morgan fingerprint density at radius 1 is 1.48 bits per heavy atom. The van der Waals surface area contributed by atoms with Gasteiger partial charge in [0.25, 0.3) is 0 Å². The number of fused-ring (bicyclic) bond motifs is 1. The zero-order chi connectivity index (χ0) is 14.7. The summed E-state index contributed by atoms with van der Waals surface area (Å²) in [5.41, 5.74) is 6.82. The van der Waals surface area contributed by atoms with Crippen molar-refractivity contribution in [2.24, 2.45) is 0 Å². The van der Waals surface area contributed by atoms with Crippen LogP contribution in [0, 0.1) is 0 Å². The van der Waals surface area contributed by atoms with E-state index in [-0.39, 0.29) is 11.7 Å². The third kappa shape index (κ3) is 3.31. The minimum absolute atomic E-state index is 0.0482. The number of H-pyrrole nitrogens is 1. The highest BCUT2D eigenvalue weighted by atomic mass is 32.2. The van der Waals surface area contributed by atoms with Crippen LogP contribution in [0.3, 0.4) is 0 Å². The van der Waals surface area contributed by atoms with Crippen molar-refractivity contribution < 1.29 is 4.79 Å². The molecule has 0 saturated carbocycles. The van der Waals surface area contributed by atoms with Gasteiger partial charge in [0.05, 0.1) is 12.3 Å². The van der Waals surface area contributed by atoms with E-state index in [1.807, 2.05) is 17.5 Å². The fraction of sp³-hybridized carbons (Fsp3) is 0.167. The predicted octanol–water partition coefficient (Wildman–Crippen LogP) is 1.41. The molecule has 0 unspecified atom stereocenters. The van der Waals surface area contributed by atoms with Crippen molar-refractivity contribution in [3.05, 3.63) is 28.7 Å². The number of carbonyl (C=O) groups is 1. The van der Waals surface area contributed by atoms with Gasteiger partial charge >= 0.3 is 0 Å². The van der Waals surface area contributed by atoms with Crippen molar-refractivity contribution in [3.63, 3.8) is 0 Å². The number of carbonyl (C=O) groups excluding carboxylic acids is 1. The number of hydrogen-bond donors (Lipinski definition) is 3. The second-order valence-corrected chi connectivity index (χ2v) is 6.14. The SMILES string of the molecule is Nc1ncnc2nc(SCC(=O)NCc3cccs3)[nH]c12. The maximum absolute atomic E-state index is 11.8. The summed E-state index contributed by atoms with van der Waals surface area (Å²) in [7, 11) is 0. The Kier molecular flexibility index (Phi) is 4.02. The molecule has 3 aromatic rings. The monoisotopic (exact) mass is 320 g/mol. The molecule has 0 bridgehead atoms. The molecule has 0 aliphatic heterocycles. The highest BCUT2D eigenvalue weighted by molar-refractivity contribution is 7.99. The number of rotatable bonds is 5. The van der Waals surface area contributed by atoms with Gasteiger partial charge in [0, 0.05) is 4.88 Å². The molecule has 0 atom stereocenters. The zero-order valence-corrected chi connectivity index (χ0v) is 12.5. The molecule has 0 radical (unpaired) electrons. The minimum Gasteiger partial charge on any atom is -0.382 e. The van der Waals surface area contributed by atoms with Crippen molar-refractivity contribution in [1.82, 2.24) is 25.3 Å². The molecule has 21 heavy (non-hydrogen) atoms. The van der Waals surface area contributed by atoms with Gasteiger partial charge in [0.2, 0.25) is 5.91 Å². The van der Waals surface area contributed by atoms with E-state index >= 15 is 0 Å². The van der Waals surface area contributed by atoms with Crippen molar-refractivity contribution in [3.8, 4) is 0 Å². The van der Waals surface area contributed by atoms with Gasteiger partial charge in [-0.15, -0.1) is 11.3 Å². The smallest absolute Gasteiger partial charge is 0.230 e. The van der Waals surface area contributed by atoms with Crippen LogP contribution in [0.4, 0.5) is 5.82 Å². The normalized spacial score (nSPS) is 10.9. The van der Waals surface area contributed by atoms with Crippen molar-refractivity contribution in [1.29, 1.82) is 0 Å². The summed E-state index contributed by atoms with van der Waals surface area (Å²) in [5.74, 6) is 0.577. The molecule has 3 heterocycles. The predicted molar refractivity (Wildman–Crippen MR) is 83.0 cm³/mol. The molecule has 0 aromatic carbocycles. The first-order chi connectivity index (χ1) is 10.2. The van der Waals surface area contributed by atoms with E-state index in [9.17, 15) is 4.79 Å². The quantitative estimate of drug-likeness (QED) is 0.613. The Morgan fingerprint density at radius 2 is 2.38 bits per heavy atom. The van der Waals surface area contributed by atoms with Gasteiger partial charge in [0.1, 0.15) is 11.8 Å². The van der Waals surface area contributed by atoms with E-state index in [1.54, 1.807) is 11.3 Å². The second-order valence-electron chi connectivity index (χ2n) is 4.14. The van der Waals surface area contributed by atoms with Gasteiger partial charge < -0.3 is 16.0 Å². The summed E-state index contributed by atoms with van der Waals surface area (Å²) in [6.45, 7) is 0.551. The van der Waals surface area contributed by atoms with Gasteiger partial charge in [0.15, 0.2) is 16.6 Å². The molecule has 4 N–H and O–H groups in total. The maximum atomic E-state index is 11.8.